The molecule has 4 heteroatoms. The van der Waals surface area contributed by atoms with E-state index >= 15 is 0 Å². The van der Waals surface area contributed by atoms with Gasteiger partial charge in [0, 0.05) is 9.26 Å². The summed E-state index contributed by atoms with van der Waals surface area (Å²) in [5, 5.41) is 7.24. The van der Waals surface area contributed by atoms with Crippen LogP contribution >= 0.6 is 22.6 Å². The second kappa shape index (κ2) is 6.93. The molecule has 0 saturated carbocycles. The molecular weight excluding hydrogens is 351 g/mol. The highest BCUT2D eigenvalue weighted by Crippen LogP contribution is 2.15. The van der Waals surface area contributed by atoms with Crippen LogP contribution in [0.5, 0.6) is 5.75 Å². The second-order valence-electron chi connectivity index (χ2n) is 4.67. The Morgan fingerprint density at radius 2 is 1.89 bits per heavy atom. The van der Waals surface area contributed by atoms with Crippen LogP contribution in [-0.2, 0) is 6.42 Å². The van der Waals surface area contributed by atoms with E-state index in [-0.39, 0.29) is 0 Å². The lowest BCUT2D eigenvalue weighted by molar-refractivity contribution is 0.307. The van der Waals surface area contributed by atoms with Gasteiger partial charge in [0.15, 0.2) is 0 Å². The number of H-pyrrole nitrogens is 1. The van der Waals surface area contributed by atoms with Crippen LogP contribution in [0.25, 0.3) is 0 Å². The predicted molar refractivity (Wildman–Crippen MR) is 85.7 cm³/mol. The number of halogens is 1. The molecule has 0 spiro atoms. The molecule has 3 nitrogen and oxygen atoms in total. The topological polar surface area (TPSA) is 37.9 Å². The maximum atomic E-state index is 5.71. The van der Waals surface area contributed by atoms with Gasteiger partial charge in [-0.25, -0.2) is 0 Å². The summed E-state index contributed by atoms with van der Waals surface area (Å²) in [5.41, 5.74) is 3.67. The van der Waals surface area contributed by atoms with Crippen molar-refractivity contribution < 1.29 is 4.74 Å². The van der Waals surface area contributed by atoms with E-state index in [4.69, 9.17) is 4.74 Å². The van der Waals surface area contributed by atoms with Crippen LogP contribution in [0, 0.1) is 17.4 Å². The van der Waals surface area contributed by atoms with Crippen LogP contribution in [0.3, 0.4) is 0 Å². The maximum Gasteiger partial charge on any atom is 0.119 e. The highest BCUT2D eigenvalue weighted by Gasteiger charge is 2.05. The minimum absolute atomic E-state index is 0.774. The minimum Gasteiger partial charge on any atom is -0.494 e. The van der Waals surface area contributed by atoms with Crippen LogP contribution < -0.4 is 4.74 Å². The van der Waals surface area contributed by atoms with E-state index < -0.39 is 0 Å². The lowest BCUT2D eigenvalue weighted by Gasteiger charge is -2.06. The molecule has 1 aromatic carbocycles. The van der Waals surface area contributed by atoms with Gasteiger partial charge in [0.2, 0.25) is 0 Å². The molecule has 1 N–H and O–H groups in total. The molecule has 102 valence electrons. The van der Waals surface area contributed by atoms with Gasteiger partial charge in [-0.15, -0.1) is 0 Å². The van der Waals surface area contributed by atoms with Crippen molar-refractivity contribution in [3.05, 3.63) is 44.8 Å². The predicted octanol–water partition coefficient (Wildman–Crippen LogP) is 4.03. The minimum atomic E-state index is 0.774. The largest absolute Gasteiger partial charge is 0.494 e. The van der Waals surface area contributed by atoms with Gasteiger partial charge in [0.1, 0.15) is 5.75 Å². The summed E-state index contributed by atoms with van der Waals surface area (Å²) >= 11 is 2.30. The summed E-state index contributed by atoms with van der Waals surface area (Å²) in [6, 6.07) is 8.17. The van der Waals surface area contributed by atoms with Crippen molar-refractivity contribution in [1.29, 1.82) is 0 Å². The molecule has 0 aliphatic heterocycles. The highest BCUT2D eigenvalue weighted by molar-refractivity contribution is 14.1. The van der Waals surface area contributed by atoms with E-state index in [0.717, 1.165) is 37.3 Å². The van der Waals surface area contributed by atoms with Crippen LogP contribution in [0.2, 0.25) is 0 Å². The Morgan fingerprint density at radius 1 is 1.16 bits per heavy atom. The zero-order valence-electron chi connectivity index (χ0n) is 11.4. The Kier molecular flexibility index (Phi) is 5.24. The molecule has 0 unspecified atom stereocenters. The molecule has 1 aromatic heterocycles. The first-order valence-corrected chi connectivity index (χ1v) is 7.63. The normalized spacial score (nSPS) is 10.7. The number of benzene rings is 1. The van der Waals surface area contributed by atoms with Crippen molar-refractivity contribution in [3.63, 3.8) is 0 Å². The molecule has 0 bridgehead atoms. The quantitative estimate of drug-likeness (QED) is 0.616. The average Bonchev–Trinajstić information content (AvgIpc) is 2.72. The Labute approximate surface area is 127 Å². The van der Waals surface area contributed by atoms with Gasteiger partial charge in [-0.1, -0.05) is 0 Å². The van der Waals surface area contributed by atoms with E-state index in [1.165, 1.54) is 14.8 Å². The first-order chi connectivity index (χ1) is 9.16. The first-order valence-electron chi connectivity index (χ1n) is 6.55. The lowest BCUT2D eigenvalue weighted by Crippen LogP contribution is -1.99. The van der Waals surface area contributed by atoms with Crippen LogP contribution in [0.1, 0.15) is 29.8 Å². The lowest BCUT2D eigenvalue weighted by atomic mass is 10.1. The van der Waals surface area contributed by atoms with Gasteiger partial charge >= 0.3 is 0 Å². The second-order valence-corrected chi connectivity index (χ2v) is 5.92. The monoisotopic (exact) mass is 370 g/mol. The molecule has 0 aliphatic rings. The Hall–Kier alpha value is -1.04. The standard InChI is InChI=1S/C15H19IN2O/c1-11-15(12(2)18-17-11)5-3-4-10-19-14-8-6-13(16)7-9-14/h6-9H,3-5,10H2,1-2H3,(H,17,18). The van der Waals surface area contributed by atoms with Gasteiger partial charge in [-0.3, -0.25) is 5.10 Å². The highest BCUT2D eigenvalue weighted by atomic mass is 127. The van der Waals surface area contributed by atoms with Gasteiger partial charge in [-0.05, 0) is 85.5 Å². The van der Waals surface area contributed by atoms with Gasteiger partial charge < -0.3 is 4.74 Å². The van der Waals surface area contributed by atoms with Crippen molar-refractivity contribution in [2.75, 3.05) is 6.61 Å². The molecule has 0 atom stereocenters. The van der Waals surface area contributed by atoms with E-state index in [9.17, 15) is 0 Å². The van der Waals surface area contributed by atoms with Crippen molar-refractivity contribution in [2.24, 2.45) is 0 Å². The summed E-state index contributed by atoms with van der Waals surface area (Å²) in [5.74, 6) is 0.955. The zero-order chi connectivity index (χ0) is 13.7. The maximum absolute atomic E-state index is 5.71. The number of unbranched alkanes of at least 4 members (excludes halogenated alkanes) is 1. The van der Waals surface area contributed by atoms with Crippen molar-refractivity contribution >= 4 is 22.6 Å². The molecule has 2 rings (SSSR count). The number of ether oxygens (including phenoxy) is 1. The molecule has 1 heterocycles. The average molecular weight is 370 g/mol. The van der Waals surface area contributed by atoms with Crippen LogP contribution in [0.15, 0.2) is 24.3 Å². The van der Waals surface area contributed by atoms with Gasteiger partial charge in [0.25, 0.3) is 0 Å². The zero-order valence-corrected chi connectivity index (χ0v) is 13.5. The third-order valence-electron chi connectivity index (χ3n) is 3.18. The molecule has 0 fully saturated rings. The van der Waals surface area contributed by atoms with Gasteiger partial charge in [0.05, 0.1) is 12.3 Å². The van der Waals surface area contributed by atoms with Crippen LogP contribution in [-0.4, -0.2) is 16.8 Å². The Balaban J connectivity index is 1.69. The molecule has 0 aliphatic carbocycles. The number of hydrogen-bond acceptors (Lipinski definition) is 2. The van der Waals surface area contributed by atoms with Crippen LogP contribution in [0.4, 0.5) is 0 Å². The number of nitrogens with zero attached hydrogens (tertiary/aromatic N) is 1. The fourth-order valence-corrected chi connectivity index (χ4v) is 2.43. The molecule has 0 amide bonds. The van der Waals surface area contributed by atoms with E-state index in [1.807, 2.05) is 12.1 Å². The summed E-state index contributed by atoms with van der Waals surface area (Å²) in [6.07, 6.45) is 3.27. The first kappa shape index (κ1) is 14.4. The molecule has 0 saturated heterocycles. The number of hydrogen-bond donors (Lipinski definition) is 1. The summed E-state index contributed by atoms with van der Waals surface area (Å²) in [6.45, 7) is 4.91. The van der Waals surface area contributed by atoms with E-state index in [2.05, 4.69) is 58.8 Å². The van der Waals surface area contributed by atoms with E-state index in [1.54, 1.807) is 0 Å². The summed E-state index contributed by atoms with van der Waals surface area (Å²) < 4.78 is 6.95. The van der Waals surface area contributed by atoms with Crippen molar-refractivity contribution in [3.8, 4) is 5.75 Å². The smallest absolute Gasteiger partial charge is 0.119 e. The van der Waals surface area contributed by atoms with Crippen molar-refractivity contribution in [2.45, 2.75) is 33.1 Å². The SMILES string of the molecule is Cc1n[nH]c(C)c1CCCCOc1ccc(I)cc1. The third-order valence-corrected chi connectivity index (χ3v) is 3.90. The fourth-order valence-electron chi connectivity index (χ4n) is 2.07. The number of aryl methyl sites for hydroxylation is 2. The number of aromatic nitrogens is 2. The molecule has 2 aromatic rings. The van der Waals surface area contributed by atoms with Gasteiger partial charge in [-0.2, -0.15) is 5.10 Å². The Morgan fingerprint density at radius 3 is 2.53 bits per heavy atom. The van der Waals surface area contributed by atoms with E-state index in [0.29, 0.717) is 0 Å². The number of nitrogens with one attached hydrogen (secondary N) is 1. The summed E-state index contributed by atoms with van der Waals surface area (Å²) in [4.78, 5) is 0. The third kappa shape index (κ3) is 4.23. The summed E-state index contributed by atoms with van der Waals surface area (Å²) in [7, 11) is 0. The number of rotatable bonds is 6. The van der Waals surface area contributed by atoms with Crippen molar-refractivity contribution in [1.82, 2.24) is 10.2 Å². The molecular formula is C15H19IN2O. The Bertz CT molecular complexity index is 500. The molecule has 0 radical (unpaired) electrons. The fraction of sp³-hybridized carbons (Fsp3) is 0.400. The molecule has 19 heavy (non-hydrogen) atoms. The number of aromatic amines is 1.